The minimum atomic E-state index is -2.46. The molecule has 0 fully saturated rings. The Kier molecular flexibility index (Phi) is 6.36. The zero-order valence-electron chi connectivity index (χ0n) is 8.67. The Balaban J connectivity index is 3.62. The zero-order valence-corrected chi connectivity index (χ0v) is 8.67. The molecule has 1 amide bonds. The molecule has 0 aromatic carbocycles. The molecule has 3 nitrogen and oxygen atoms in total. The lowest BCUT2D eigenvalue weighted by Gasteiger charge is -2.16. The van der Waals surface area contributed by atoms with E-state index in [0.717, 1.165) is 11.3 Å². The van der Waals surface area contributed by atoms with Crippen LogP contribution in [0, 0.1) is 0 Å². The van der Waals surface area contributed by atoms with E-state index in [-0.39, 0.29) is 11.9 Å². The van der Waals surface area contributed by atoms with E-state index in [1.165, 1.54) is 7.05 Å². The minimum absolute atomic E-state index is 0.0585. The second-order valence-corrected chi connectivity index (χ2v) is 3.53. The molecule has 0 aliphatic rings. The van der Waals surface area contributed by atoms with Crippen molar-refractivity contribution in [3.05, 3.63) is 0 Å². The number of halogens is 2. The highest BCUT2D eigenvalue weighted by Crippen LogP contribution is 2.03. The van der Waals surface area contributed by atoms with Gasteiger partial charge < -0.3 is 10.6 Å². The van der Waals surface area contributed by atoms with Gasteiger partial charge in [0.05, 0.1) is 6.54 Å². The van der Waals surface area contributed by atoms with E-state index in [9.17, 15) is 13.6 Å². The molecule has 14 heavy (non-hydrogen) atoms. The normalized spacial score (nSPS) is 13.0. The van der Waals surface area contributed by atoms with Gasteiger partial charge in [0.15, 0.2) is 0 Å². The van der Waals surface area contributed by atoms with Crippen molar-refractivity contribution < 1.29 is 13.6 Å². The van der Waals surface area contributed by atoms with Crippen molar-refractivity contribution in [2.24, 2.45) is 5.73 Å². The van der Waals surface area contributed by atoms with E-state index in [1.54, 1.807) is 0 Å². The third-order valence-electron chi connectivity index (χ3n) is 1.89. The van der Waals surface area contributed by atoms with Crippen LogP contribution in [0.15, 0.2) is 0 Å². The van der Waals surface area contributed by atoms with E-state index in [4.69, 9.17) is 5.73 Å². The molecule has 2 N–H and O–H groups in total. The summed E-state index contributed by atoms with van der Waals surface area (Å²) < 4.78 is 23.8. The summed E-state index contributed by atoms with van der Waals surface area (Å²) in [5.74, 6) is -0.244. The highest BCUT2D eigenvalue weighted by molar-refractivity contribution is 5.75. The molecule has 0 aromatic rings. The summed E-state index contributed by atoms with van der Waals surface area (Å²) in [5, 5.41) is 0. The Labute approximate surface area is 83.3 Å². The summed E-state index contributed by atoms with van der Waals surface area (Å²) in [7, 11) is 1.39. The van der Waals surface area contributed by atoms with E-state index >= 15 is 0 Å². The molecule has 1 atom stereocenters. The van der Waals surface area contributed by atoms with Gasteiger partial charge in [0.25, 0.3) is 6.43 Å². The fourth-order valence-electron chi connectivity index (χ4n) is 1.07. The Bertz CT molecular complexity index is 174. The number of hydrogen-bond acceptors (Lipinski definition) is 2. The van der Waals surface area contributed by atoms with E-state index in [1.807, 2.05) is 6.92 Å². The summed E-state index contributed by atoms with van der Waals surface area (Å²) in [6.45, 7) is 1.37. The molecule has 0 aliphatic carbocycles. The topological polar surface area (TPSA) is 46.3 Å². The Hall–Kier alpha value is -0.710. The molecule has 0 rings (SSSR count). The number of nitrogens with two attached hydrogens (primary N) is 1. The number of alkyl halides is 2. The van der Waals surface area contributed by atoms with Crippen molar-refractivity contribution in [2.45, 2.75) is 38.7 Å². The fraction of sp³-hybridized carbons (Fsp3) is 0.889. The van der Waals surface area contributed by atoms with Gasteiger partial charge in [-0.3, -0.25) is 4.79 Å². The Morgan fingerprint density at radius 2 is 2.07 bits per heavy atom. The monoisotopic (exact) mass is 208 g/mol. The fourth-order valence-corrected chi connectivity index (χ4v) is 1.07. The lowest BCUT2D eigenvalue weighted by atomic mass is 10.1. The highest BCUT2D eigenvalue weighted by Gasteiger charge is 2.13. The van der Waals surface area contributed by atoms with Gasteiger partial charge in [0.1, 0.15) is 0 Å². The van der Waals surface area contributed by atoms with Crippen LogP contribution < -0.4 is 5.73 Å². The second kappa shape index (κ2) is 6.70. The molecule has 0 heterocycles. The minimum Gasteiger partial charge on any atom is -0.340 e. The predicted molar refractivity (Wildman–Crippen MR) is 51.1 cm³/mol. The Morgan fingerprint density at radius 3 is 2.50 bits per heavy atom. The average molecular weight is 208 g/mol. The first-order chi connectivity index (χ1) is 6.43. The summed E-state index contributed by atoms with van der Waals surface area (Å²) >= 11 is 0. The van der Waals surface area contributed by atoms with Crippen LogP contribution in [0.5, 0.6) is 0 Å². The molecular formula is C9H18F2N2O. The van der Waals surface area contributed by atoms with Gasteiger partial charge in [-0.1, -0.05) is 0 Å². The molecule has 1 unspecified atom stereocenters. The largest absolute Gasteiger partial charge is 0.340 e. The van der Waals surface area contributed by atoms with E-state index in [2.05, 4.69) is 0 Å². The molecule has 5 heteroatoms. The maximum Gasteiger partial charge on any atom is 0.255 e. The maximum atomic E-state index is 11.9. The van der Waals surface area contributed by atoms with Gasteiger partial charge in [-0.2, -0.15) is 0 Å². The van der Waals surface area contributed by atoms with Crippen LogP contribution in [0.2, 0.25) is 0 Å². The van der Waals surface area contributed by atoms with Crippen LogP contribution in [0.4, 0.5) is 8.78 Å². The van der Waals surface area contributed by atoms with Crippen molar-refractivity contribution in [3.8, 4) is 0 Å². The van der Waals surface area contributed by atoms with Crippen LogP contribution in [0.25, 0.3) is 0 Å². The third-order valence-corrected chi connectivity index (χ3v) is 1.89. The molecule has 0 bridgehead atoms. The smallest absolute Gasteiger partial charge is 0.255 e. The van der Waals surface area contributed by atoms with E-state index in [0.29, 0.717) is 12.8 Å². The first kappa shape index (κ1) is 13.3. The number of nitrogens with zero attached hydrogens (tertiary/aromatic N) is 1. The van der Waals surface area contributed by atoms with Gasteiger partial charge >= 0.3 is 0 Å². The maximum absolute atomic E-state index is 11.9. The van der Waals surface area contributed by atoms with Crippen molar-refractivity contribution in [2.75, 3.05) is 13.6 Å². The number of amides is 1. The van der Waals surface area contributed by atoms with Crippen LogP contribution in [-0.4, -0.2) is 36.9 Å². The van der Waals surface area contributed by atoms with Gasteiger partial charge in [-0.15, -0.1) is 0 Å². The quantitative estimate of drug-likeness (QED) is 0.713. The molecule has 0 radical (unpaired) electrons. The van der Waals surface area contributed by atoms with Crippen LogP contribution in [-0.2, 0) is 4.79 Å². The average Bonchev–Trinajstić information content (AvgIpc) is 2.01. The van der Waals surface area contributed by atoms with Crippen molar-refractivity contribution in [3.63, 3.8) is 0 Å². The van der Waals surface area contributed by atoms with E-state index < -0.39 is 13.0 Å². The highest BCUT2D eigenvalue weighted by atomic mass is 19.3. The summed E-state index contributed by atoms with van der Waals surface area (Å²) in [4.78, 5) is 12.3. The number of rotatable bonds is 6. The molecule has 84 valence electrons. The van der Waals surface area contributed by atoms with Crippen LogP contribution in [0.3, 0.4) is 0 Å². The predicted octanol–water partition coefficient (Wildman–Crippen LogP) is 1.23. The SMILES string of the molecule is CC(N)CCCC(=O)N(C)CC(F)F. The summed E-state index contributed by atoms with van der Waals surface area (Å²) in [6, 6.07) is 0.0585. The van der Waals surface area contributed by atoms with Gasteiger partial charge in [0.2, 0.25) is 5.91 Å². The lowest BCUT2D eigenvalue weighted by molar-refractivity contribution is -0.131. The molecule has 0 aliphatic heterocycles. The first-order valence-corrected chi connectivity index (χ1v) is 4.71. The Morgan fingerprint density at radius 1 is 1.50 bits per heavy atom. The molecular weight excluding hydrogens is 190 g/mol. The van der Waals surface area contributed by atoms with Gasteiger partial charge in [0, 0.05) is 19.5 Å². The van der Waals surface area contributed by atoms with Crippen LogP contribution in [0.1, 0.15) is 26.2 Å². The van der Waals surface area contributed by atoms with Crippen molar-refractivity contribution in [1.82, 2.24) is 4.90 Å². The number of hydrogen-bond donors (Lipinski definition) is 1. The van der Waals surface area contributed by atoms with Crippen molar-refractivity contribution >= 4 is 5.91 Å². The summed E-state index contributed by atoms with van der Waals surface area (Å²) in [5.41, 5.74) is 5.49. The number of carbonyl (C=O) groups is 1. The zero-order chi connectivity index (χ0) is 11.1. The molecule has 0 saturated carbocycles. The second-order valence-electron chi connectivity index (χ2n) is 3.53. The summed E-state index contributed by atoms with van der Waals surface area (Å²) in [6.07, 6.45) is -0.763. The third kappa shape index (κ3) is 6.77. The molecule has 0 spiro atoms. The van der Waals surface area contributed by atoms with Crippen LogP contribution >= 0.6 is 0 Å². The standard InChI is InChI=1S/C9H18F2N2O/c1-7(12)4-3-5-9(14)13(2)6-8(10)11/h7-8H,3-6,12H2,1-2H3. The molecule has 0 saturated heterocycles. The first-order valence-electron chi connectivity index (χ1n) is 4.71. The lowest BCUT2D eigenvalue weighted by Crippen LogP contribution is -2.31. The van der Waals surface area contributed by atoms with Crippen molar-refractivity contribution in [1.29, 1.82) is 0 Å². The van der Waals surface area contributed by atoms with Gasteiger partial charge in [-0.25, -0.2) is 8.78 Å². The molecule has 0 aromatic heterocycles. The van der Waals surface area contributed by atoms with Gasteiger partial charge in [-0.05, 0) is 19.8 Å². The number of carbonyl (C=O) groups excluding carboxylic acids is 1.